The molecule has 0 atom stereocenters. The second-order valence-corrected chi connectivity index (χ2v) is 5.06. The lowest BCUT2D eigenvalue weighted by molar-refractivity contribution is 0.952. The van der Waals surface area contributed by atoms with Gasteiger partial charge in [0.05, 0.1) is 16.0 Å². The van der Waals surface area contributed by atoms with Gasteiger partial charge in [-0.3, -0.25) is 0 Å². The average molecular weight is 244 g/mol. The summed E-state index contributed by atoms with van der Waals surface area (Å²) in [5, 5.41) is 3.08. The molecule has 0 aliphatic carbocycles. The number of nitrogens with two attached hydrogens (primary N) is 1. The van der Waals surface area contributed by atoms with Gasteiger partial charge in [-0.05, 0) is 25.1 Å². The highest BCUT2D eigenvalue weighted by Crippen LogP contribution is 2.25. The van der Waals surface area contributed by atoms with Crippen LogP contribution < -0.4 is 5.73 Å². The van der Waals surface area contributed by atoms with E-state index in [1.165, 1.54) is 0 Å². The SMILES string of the molecule is Cc1nc(-c2nc3ccc(N)cc3n2C)cs1. The Balaban J connectivity index is 2.27. The number of thiazole rings is 1. The molecule has 0 radical (unpaired) electrons. The smallest absolute Gasteiger partial charge is 0.160 e. The minimum Gasteiger partial charge on any atom is -0.399 e. The van der Waals surface area contributed by atoms with E-state index in [9.17, 15) is 0 Å². The van der Waals surface area contributed by atoms with E-state index in [-0.39, 0.29) is 0 Å². The molecule has 0 saturated carbocycles. The van der Waals surface area contributed by atoms with E-state index in [2.05, 4.69) is 9.97 Å². The summed E-state index contributed by atoms with van der Waals surface area (Å²) in [5.74, 6) is 0.884. The highest BCUT2D eigenvalue weighted by molar-refractivity contribution is 7.09. The van der Waals surface area contributed by atoms with Crippen molar-refractivity contribution in [3.8, 4) is 11.5 Å². The Hall–Kier alpha value is -1.88. The van der Waals surface area contributed by atoms with Gasteiger partial charge in [0.2, 0.25) is 0 Å². The molecule has 2 aromatic heterocycles. The summed E-state index contributed by atoms with van der Waals surface area (Å²) >= 11 is 1.63. The lowest BCUT2D eigenvalue weighted by Gasteiger charge is -1.99. The molecule has 2 N–H and O–H groups in total. The molecule has 1 aromatic carbocycles. The van der Waals surface area contributed by atoms with Crippen molar-refractivity contribution in [1.82, 2.24) is 14.5 Å². The monoisotopic (exact) mass is 244 g/mol. The molecule has 0 fully saturated rings. The number of rotatable bonds is 1. The van der Waals surface area contributed by atoms with Crippen molar-refractivity contribution in [3.63, 3.8) is 0 Å². The molecule has 4 nitrogen and oxygen atoms in total. The number of hydrogen-bond acceptors (Lipinski definition) is 4. The van der Waals surface area contributed by atoms with Crippen molar-refractivity contribution in [3.05, 3.63) is 28.6 Å². The number of imidazole rings is 1. The molecule has 5 heteroatoms. The van der Waals surface area contributed by atoms with Crippen LogP contribution in [0.1, 0.15) is 5.01 Å². The summed E-state index contributed by atoms with van der Waals surface area (Å²) in [6.07, 6.45) is 0. The molecule has 0 aliphatic rings. The largest absolute Gasteiger partial charge is 0.399 e. The van der Waals surface area contributed by atoms with Crippen molar-refractivity contribution in [1.29, 1.82) is 0 Å². The maximum absolute atomic E-state index is 5.79. The molecule has 3 aromatic rings. The van der Waals surface area contributed by atoms with E-state index < -0.39 is 0 Å². The number of aromatic nitrogens is 3. The summed E-state index contributed by atoms with van der Waals surface area (Å²) in [5.41, 5.74) is 9.44. The van der Waals surface area contributed by atoms with Crippen molar-refractivity contribution in [2.45, 2.75) is 6.92 Å². The number of aryl methyl sites for hydroxylation is 2. The number of nitrogen functional groups attached to an aromatic ring is 1. The number of benzene rings is 1. The first kappa shape index (κ1) is 10.3. The zero-order valence-electron chi connectivity index (χ0n) is 9.64. The molecule has 0 bridgehead atoms. The van der Waals surface area contributed by atoms with Crippen molar-refractivity contribution < 1.29 is 0 Å². The third-order valence-corrected chi connectivity index (χ3v) is 3.53. The molecule has 2 heterocycles. The van der Waals surface area contributed by atoms with Crippen molar-refractivity contribution >= 4 is 28.1 Å². The van der Waals surface area contributed by atoms with Crippen LogP contribution in [0.3, 0.4) is 0 Å². The number of anilines is 1. The Kier molecular flexibility index (Phi) is 2.16. The van der Waals surface area contributed by atoms with Crippen molar-refractivity contribution in [2.75, 3.05) is 5.73 Å². The molecular weight excluding hydrogens is 232 g/mol. The molecule has 0 unspecified atom stereocenters. The van der Waals surface area contributed by atoms with Crippen LogP contribution >= 0.6 is 11.3 Å². The molecule has 3 rings (SSSR count). The van der Waals surface area contributed by atoms with Crippen LogP contribution in [0.2, 0.25) is 0 Å². The predicted molar refractivity (Wildman–Crippen MR) is 71.0 cm³/mol. The fraction of sp³-hybridized carbons (Fsp3) is 0.167. The second-order valence-electron chi connectivity index (χ2n) is 3.99. The van der Waals surface area contributed by atoms with E-state index in [0.717, 1.165) is 33.2 Å². The first-order chi connectivity index (χ1) is 8.15. The quantitative estimate of drug-likeness (QED) is 0.669. The van der Waals surface area contributed by atoms with Crippen LogP contribution in [0, 0.1) is 6.92 Å². The lowest BCUT2D eigenvalue weighted by Crippen LogP contribution is -1.93. The highest BCUT2D eigenvalue weighted by Gasteiger charge is 2.12. The molecule has 17 heavy (non-hydrogen) atoms. The minimum absolute atomic E-state index is 0.751. The number of hydrogen-bond donors (Lipinski definition) is 1. The normalized spacial score (nSPS) is 11.2. The van der Waals surface area contributed by atoms with Gasteiger partial charge < -0.3 is 10.3 Å². The van der Waals surface area contributed by atoms with Crippen LogP contribution in [-0.2, 0) is 7.05 Å². The fourth-order valence-corrected chi connectivity index (χ4v) is 2.49. The molecule has 0 spiro atoms. The van der Waals surface area contributed by atoms with Gasteiger partial charge in [0.25, 0.3) is 0 Å². The summed E-state index contributed by atoms with van der Waals surface area (Å²) in [7, 11) is 1.98. The predicted octanol–water partition coefficient (Wildman–Crippen LogP) is 2.59. The topological polar surface area (TPSA) is 56.7 Å². The zero-order chi connectivity index (χ0) is 12.0. The van der Waals surface area contributed by atoms with Crippen LogP contribution in [-0.4, -0.2) is 14.5 Å². The summed E-state index contributed by atoms with van der Waals surface area (Å²) < 4.78 is 2.03. The molecule has 86 valence electrons. The van der Waals surface area contributed by atoms with E-state index in [4.69, 9.17) is 5.73 Å². The summed E-state index contributed by atoms with van der Waals surface area (Å²) in [6, 6.07) is 5.74. The molecule has 0 aliphatic heterocycles. The minimum atomic E-state index is 0.751. The Morgan fingerprint density at radius 2 is 2.12 bits per heavy atom. The third-order valence-electron chi connectivity index (χ3n) is 2.75. The Bertz CT molecular complexity index is 696. The first-order valence-electron chi connectivity index (χ1n) is 5.29. The maximum Gasteiger partial charge on any atom is 0.160 e. The van der Waals surface area contributed by atoms with E-state index in [1.54, 1.807) is 11.3 Å². The Labute approximate surface area is 103 Å². The number of fused-ring (bicyclic) bond motifs is 1. The summed E-state index contributed by atoms with van der Waals surface area (Å²) in [6.45, 7) is 1.99. The zero-order valence-corrected chi connectivity index (χ0v) is 10.5. The van der Waals surface area contributed by atoms with E-state index >= 15 is 0 Å². The van der Waals surface area contributed by atoms with E-state index in [1.807, 2.05) is 42.1 Å². The average Bonchev–Trinajstić information content (AvgIpc) is 2.84. The van der Waals surface area contributed by atoms with Gasteiger partial charge in [0.15, 0.2) is 5.82 Å². The lowest BCUT2D eigenvalue weighted by atomic mass is 10.3. The third kappa shape index (κ3) is 1.59. The fourth-order valence-electron chi connectivity index (χ4n) is 1.90. The molecule has 0 saturated heterocycles. The second kappa shape index (κ2) is 3.56. The van der Waals surface area contributed by atoms with Gasteiger partial charge in [0.1, 0.15) is 5.69 Å². The molecular formula is C12H12N4S. The van der Waals surface area contributed by atoms with Crippen molar-refractivity contribution in [2.24, 2.45) is 7.05 Å². The van der Waals surface area contributed by atoms with Gasteiger partial charge in [-0.1, -0.05) is 0 Å². The van der Waals surface area contributed by atoms with Gasteiger partial charge in [-0.2, -0.15) is 0 Å². The van der Waals surface area contributed by atoms with Crippen LogP contribution in [0.15, 0.2) is 23.6 Å². The molecule has 0 amide bonds. The first-order valence-corrected chi connectivity index (χ1v) is 6.17. The Morgan fingerprint density at radius 1 is 1.29 bits per heavy atom. The van der Waals surface area contributed by atoms with Gasteiger partial charge in [0, 0.05) is 18.1 Å². The van der Waals surface area contributed by atoms with Gasteiger partial charge in [-0.15, -0.1) is 11.3 Å². The standard InChI is InChI=1S/C12H12N4S/c1-7-14-10(6-17-7)12-15-9-4-3-8(13)5-11(9)16(12)2/h3-6H,13H2,1-2H3. The van der Waals surface area contributed by atoms with Crippen LogP contribution in [0.4, 0.5) is 5.69 Å². The Morgan fingerprint density at radius 3 is 2.82 bits per heavy atom. The van der Waals surface area contributed by atoms with E-state index in [0.29, 0.717) is 0 Å². The van der Waals surface area contributed by atoms with Gasteiger partial charge >= 0.3 is 0 Å². The highest BCUT2D eigenvalue weighted by atomic mass is 32.1. The van der Waals surface area contributed by atoms with Gasteiger partial charge in [-0.25, -0.2) is 9.97 Å². The number of nitrogens with zero attached hydrogens (tertiary/aromatic N) is 3. The van der Waals surface area contributed by atoms with Crippen LogP contribution in [0.5, 0.6) is 0 Å². The maximum atomic E-state index is 5.79. The van der Waals surface area contributed by atoms with Crippen LogP contribution in [0.25, 0.3) is 22.6 Å². The summed E-state index contributed by atoms with van der Waals surface area (Å²) in [4.78, 5) is 9.05.